The topological polar surface area (TPSA) is 21.6 Å². The van der Waals surface area contributed by atoms with Gasteiger partial charge in [0.25, 0.3) is 0 Å². The van der Waals surface area contributed by atoms with E-state index in [0.29, 0.717) is 23.4 Å². The van der Waals surface area contributed by atoms with E-state index in [0.717, 1.165) is 5.56 Å². The highest BCUT2D eigenvalue weighted by atomic mass is 35.5. The molecule has 4 heteroatoms. The van der Waals surface area contributed by atoms with E-state index in [1.165, 1.54) is 15.9 Å². The van der Waals surface area contributed by atoms with Gasteiger partial charge in [-0.3, -0.25) is 0 Å². The summed E-state index contributed by atoms with van der Waals surface area (Å²) in [6.45, 7) is 4.97. The van der Waals surface area contributed by atoms with Gasteiger partial charge < -0.3 is 4.74 Å². The Bertz CT molecular complexity index is 933. The molecule has 0 aliphatic carbocycles. The molecule has 1 unspecified atom stereocenters. The van der Waals surface area contributed by atoms with Crippen molar-refractivity contribution in [3.05, 3.63) is 89.4 Å². The molecule has 0 saturated carbocycles. The third kappa shape index (κ3) is 3.85. The zero-order valence-electron chi connectivity index (χ0n) is 16.0. The molecule has 1 heterocycles. The Morgan fingerprint density at radius 2 is 1.50 bits per heavy atom. The summed E-state index contributed by atoms with van der Waals surface area (Å²) in [5.74, 6) is 1.12. The first kappa shape index (κ1) is 19.2. The lowest BCUT2D eigenvalue weighted by Crippen LogP contribution is -2.26. The van der Waals surface area contributed by atoms with Gasteiger partial charge in [-0.25, -0.2) is 4.99 Å². The number of aliphatic imine (C=N–C) groups is 1. The van der Waals surface area contributed by atoms with Crippen molar-refractivity contribution < 1.29 is 4.74 Å². The molecule has 3 aromatic carbocycles. The van der Waals surface area contributed by atoms with Gasteiger partial charge in [-0.05, 0) is 35.8 Å². The summed E-state index contributed by atoms with van der Waals surface area (Å²) < 4.78 is 6.03. The first-order valence-corrected chi connectivity index (χ1v) is 11.3. The molecular formula is C24H23ClNOP. The van der Waals surface area contributed by atoms with Crippen LogP contribution >= 0.6 is 19.5 Å². The minimum absolute atomic E-state index is 0.179. The first-order valence-electron chi connectivity index (χ1n) is 9.55. The largest absolute Gasteiger partial charge is 0.475 e. The minimum atomic E-state index is -0.774. The average Bonchev–Trinajstić information content (AvgIpc) is 3.20. The van der Waals surface area contributed by atoms with Crippen LogP contribution in [0.1, 0.15) is 19.4 Å². The van der Waals surface area contributed by atoms with Crippen LogP contribution in [-0.2, 0) is 4.74 Å². The van der Waals surface area contributed by atoms with Gasteiger partial charge in [0.2, 0.25) is 5.90 Å². The van der Waals surface area contributed by atoms with Crippen LogP contribution < -0.4 is 15.9 Å². The lowest BCUT2D eigenvalue weighted by molar-refractivity contribution is 0.292. The molecule has 2 nitrogen and oxygen atoms in total. The predicted molar refractivity (Wildman–Crippen MR) is 121 cm³/mol. The van der Waals surface area contributed by atoms with Crippen LogP contribution in [0.25, 0.3) is 0 Å². The third-order valence-electron chi connectivity index (χ3n) is 4.92. The molecule has 142 valence electrons. The third-order valence-corrected chi connectivity index (χ3v) is 7.72. The Kier molecular flexibility index (Phi) is 5.80. The van der Waals surface area contributed by atoms with E-state index in [1.807, 2.05) is 12.1 Å². The van der Waals surface area contributed by atoms with Crippen molar-refractivity contribution in [1.82, 2.24) is 0 Å². The maximum absolute atomic E-state index is 6.71. The number of ether oxygens (including phenoxy) is 1. The van der Waals surface area contributed by atoms with E-state index < -0.39 is 7.92 Å². The average molecular weight is 408 g/mol. The van der Waals surface area contributed by atoms with Crippen LogP contribution in [0, 0.1) is 5.92 Å². The molecule has 28 heavy (non-hydrogen) atoms. The molecule has 0 spiro atoms. The molecule has 0 bridgehead atoms. The lowest BCUT2D eigenvalue weighted by Gasteiger charge is -2.22. The van der Waals surface area contributed by atoms with Gasteiger partial charge in [0, 0.05) is 0 Å². The van der Waals surface area contributed by atoms with Crippen LogP contribution in [0.5, 0.6) is 0 Å². The van der Waals surface area contributed by atoms with Gasteiger partial charge in [0.1, 0.15) is 6.61 Å². The summed E-state index contributed by atoms with van der Waals surface area (Å²) in [5, 5.41) is 4.44. The summed E-state index contributed by atoms with van der Waals surface area (Å²) in [5.41, 5.74) is 0.936. The predicted octanol–water partition coefficient (Wildman–Crippen LogP) is 4.90. The van der Waals surface area contributed by atoms with E-state index in [-0.39, 0.29) is 6.04 Å². The summed E-state index contributed by atoms with van der Waals surface area (Å²) in [4.78, 5) is 4.87. The quantitative estimate of drug-likeness (QED) is 0.551. The number of hydrogen-bond donors (Lipinski definition) is 0. The zero-order chi connectivity index (χ0) is 19.5. The van der Waals surface area contributed by atoms with Crippen LogP contribution in [0.3, 0.4) is 0 Å². The van der Waals surface area contributed by atoms with Crippen molar-refractivity contribution >= 4 is 41.3 Å². The Balaban J connectivity index is 1.89. The molecule has 0 saturated heterocycles. The van der Waals surface area contributed by atoms with E-state index in [1.54, 1.807) is 0 Å². The van der Waals surface area contributed by atoms with E-state index in [9.17, 15) is 0 Å². The van der Waals surface area contributed by atoms with E-state index >= 15 is 0 Å². The number of nitrogens with zero attached hydrogens (tertiary/aromatic N) is 1. The van der Waals surface area contributed by atoms with Gasteiger partial charge in [0.05, 0.1) is 16.6 Å². The molecule has 1 aliphatic heterocycles. The molecular weight excluding hydrogens is 385 g/mol. The fourth-order valence-electron chi connectivity index (χ4n) is 3.36. The maximum Gasteiger partial charge on any atom is 0.218 e. The van der Waals surface area contributed by atoms with Crippen LogP contribution in [0.15, 0.2) is 83.9 Å². The molecule has 1 atom stereocenters. The second kappa shape index (κ2) is 8.47. The number of halogens is 1. The number of benzene rings is 3. The highest BCUT2D eigenvalue weighted by Crippen LogP contribution is 2.36. The highest BCUT2D eigenvalue weighted by molar-refractivity contribution is 7.80. The molecule has 4 rings (SSSR count). The van der Waals surface area contributed by atoms with Crippen LogP contribution in [0.2, 0.25) is 5.02 Å². The Labute approximate surface area is 173 Å². The Hall–Kier alpha value is -2.15. The number of rotatable bonds is 5. The zero-order valence-corrected chi connectivity index (χ0v) is 17.7. The molecule has 0 radical (unpaired) electrons. The molecule has 0 amide bonds. The van der Waals surface area contributed by atoms with Gasteiger partial charge in [0.15, 0.2) is 0 Å². The molecule has 0 aromatic heterocycles. The lowest BCUT2D eigenvalue weighted by atomic mass is 10.1. The smallest absolute Gasteiger partial charge is 0.218 e. The first-order chi connectivity index (χ1) is 13.6. The van der Waals surface area contributed by atoms with Crippen LogP contribution in [-0.4, -0.2) is 18.5 Å². The van der Waals surface area contributed by atoms with Crippen molar-refractivity contribution in [1.29, 1.82) is 0 Å². The second-order valence-corrected chi connectivity index (χ2v) is 9.79. The van der Waals surface area contributed by atoms with Gasteiger partial charge in [-0.1, -0.05) is 98.2 Å². The SMILES string of the molecule is CC(C)C1COC(c2c(Cl)cccc2P(c2ccccc2)c2ccccc2)=N1. The van der Waals surface area contributed by atoms with Crippen molar-refractivity contribution in [2.75, 3.05) is 6.61 Å². The summed E-state index contributed by atoms with van der Waals surface area (Å²) in [6.07, 6.45) is 0. The summed E-state index contributed by atoms with van der Waals surface area (Å²) >= 11 is 6.71. The monoisotopic (exact) mass is 407 g/mol. The Morgan fingerprint density at radius 3 is 2.04 bits per heavy atom. The fraction of sp³-hybridized carbons (Fsp3) is 0.208. The van der Waals surface area contributed by atoms with Gasteiger partial charge >= 0.3 is 0 Å². The van der Waals surface area contributed by atoms with Crippen molar-refractivity contribution in [2.24, 2.45) is 10.9 Å². The van der Waals surface area contributed by atoms with E-state index in [2.05, 4.69) is 80.6 Å². The normalized spacial score (nSPS) is 16.3. The minimum Gasteiger partial charge on any atom is -0.475 e. The number of hydrogen-bond acceptors (Lipinski definition) is 2. The molecule has 0 fully saturated rings. The van der Waals surface area contributed by atoms with Crippen molar-refractivity contribution in [3.63, 3.8) is 0 Å². The summed E-state index contributed by atoms with van der Waals surface area (Å²) in [7, 11) is -0.774. The van der Waals surface area contributed by atoms with Crippen LogP contribution in [0.4, 0.5) is 0 Å². The van der Waals surface area contributed by atoms with E-state index in [4.69, 9.17) is 21.3 Å². The maximum atomic E-state index is 6.71. The molecule has 0 N–H and O–H groups in total. The van der Waals surface area contributed by atoms with Crippen molar-refractivity contribution in [2.45, 2.75) is 19.9 Å². The highest BCUT2D eigenvalue weighted by Gasteiger charge is 2.29. The molecule has 3 aromatic rings. The summed E-state index contributed by atoms with van der Waals surface area (Å²) in [6, 6.07) is 27.6. The van der Waals surface area contributed by atoms with Crippen molar-refractivity contribution in [3.8, 4) is 0 Å². The van der Waals surface area contributed by atoms with Gasteiger partial charge in [-0.15, -0.1) is 0 Å². The fourth-order valence-corrected chi connectivity index (χ4v) is 6.15. The second-order valence-electron chi connectivity index (χ2n) is 7.20. The molecule has 1 aliphatic rings. The Morgan fingerprint density at radius 1 is 0.893 bits per heavy atom. The van der Waals surface area contributed by atoms with Gasteiger partial charge in [-0.2, -0.15) is 0 Å². The standard InChI is InChI=1S/C24H23ClNOP/c1-17(2)21-16-27-24(26-21)23-20(25)14-9-15-22(23)28(18-10-5-3-6-11-18)19-12-7-4-8-13-19/h3-15,17,21H,16H2,1-2H3.